The van der Waals surface area contributed by atoms with Crippen LogP contribution in [0.2, 0.25) is 0 Å². The van der Waals surface area contributed by atoms with Gasteiger partial charge in [-0.25, -0.2) is 4.98 Å². The Morgan fingerprint density at radius 3 is 2.57 bits per heavy atom. The summed E-state index contributed by atoms with van der Waals surface area (Å²) in [4.78, 5) is 16.3. The molecule has 0 atom stereocenters. The Kier molecular flexibility index (Phi) is 4.43. The molecule has 0 fully saturated rings. The van der Waals surface area contributed by atoms with Crippen molar-refractivity contribution in [3.8, 4) is 34.3 Å². The average Bonchev–Trinajstić information content (AvgIpc) is 3.15. The summed E-state index contributed by atoms with van der Waals surface area (Å²) in [5.41, 5.74) is 4.03. The molecular weight excluding hydrogens is 360 g/mol. The van der Waals surface area contributed by atoms with Crippen molar-refractivity contribution in [2.24, 2.45) is 0 Å². The molecule has 1 N–H and O–H groups in total. The second kappa shape index (κ2) is 6.92. The van der Waals surface area contributed by atoms with Crippen LogP contribution in [0.4, 0.5) is 5.69 Å². The van der Waals surface area contributed by atoms with Crippen molar-refractivity contribution in [2.45, 2.75) is 13.8 Å². The number of rotatable bonds is 4. The number of hydrogen-bond donors (Lipinski definition) is 1. The van der Waals surface area contributed by atoms with E-state index in [9.17, 15) is 4.79 Å². The zero-order valence-corrected chi connectivity index (χ0v) is 16.1. The number of anilines is 1. The van der Waals surface area contributed by atoms with Crippen LogP contribution in [0.3, 0.4) is 0 Å². The van der Waals surface area contributed by atoms with Gasteiger partial charge in [0.15, 0.2) is 11.5 Å². The number of pyridine rings is 1. The van der Waals surface area contributed by atoms with Crippen LogP contribution in [0, 0.1) is 6.92 Å². The Hall–Kier alpha value is -3.48. The summed E-state index contributed by atoms with van der Waals surface area (Å²) in [6, 6.07) is 9.46. The van der Waals surface area contributed by atoms with Gasteiger partial charge in [0.1, 0.15) is 5.75 Å². The molecule has 2 heterocycles. The fraction of sp³-hybridized carbons (Fsp3) is 0.238. The van der Waals surface area contributed by atoms with E-state index >= 15 is 0 Å². The van der Waals surface area contributed by atoms with Gasteiger partial charge in [0.2, 0.25) is 18.4 Å². The van der Waals surface area contributed by atoms with Crippen LogP contribution in [-0.2, 0) is 4.79 Å². The van der Waals surface area contributed by atoms with Gasteiger partial charge in [-0.3, -0.25) is 4.79 Å². The molecule has 0 saturated heterocycles. The number of carbonyl (C=O) groups excluding carboxylic acids is 1. The molecule has 1 amide bonds. The Morgan fingerprint density at radius 2 is 1.86 bits per heavy atom. The maximum absolute atomic E-state index is 11.5. The fourth-order valence-electron chi connectivity index (χ4n) is 3.30. The van der Waals surface area contributed by atoms with Crippen LogP contribution >= 0.6 is 0 Å². The summed E-state index contributed by atoms with van der Waals surface area (Å²) >= 11 is 0. The van der Waals surface area contributed by atoms with Gasteiger partial charge in [-0.1, -0.05) is 0 Å². The highest BCUT2D eigenvalue weighted by atomic mass is 16.7. The molecule has 1 aliphatic heterocycles. The third kappa shape index (κ3) is 3.05. The van der Waals surface area contributed by atoms with Crippen LogP contribution in [0.5, 0.6) is 23.0 Å². The van der Waals surface area contributed by atoms with Crippen LogP contribution < -0.4 is 24.3 Å². The Morgan fingerprint density at radius 1 is 1.07 bits per heavy atom. The average molecular weight is 380 g/mol. The number of nitrogens with zero attached hydrogens (tertiary/aromatic N) is 1. The molecule has 0 unspecified atom stereocenters. The van der Waals surface area contributed by atoms with Crippen LogP contribution in [0.25, 0.3) is 22.2 Å². The lowest BCUT2D eigenvalue weighted by atomic mass is 10.0. The van der Waals surface area contributed by atoms with Gasteiger partial charge in [0.25, 0.3) is 0 Å². The summed E-state index contributed by atoms with van der Waals surface area (Å²) in [6.45, 7) is 3.63. The predicted octanol–water partition coefficient (Wildman–Crippen LogP) is 3.91. The fourth-order valence-corrected chi connectivity index (χ4v) is 3.30. The Bertz CT molecular complexity index is 1090. The van der Waals surface area contributed by atoms with E-state index in [1.54, 1.807) is 14.2 Å². The topological polar surface area (TPSA) is 78.9 Å². The number of aromatic nitrogens is 1. The van der Waals surface area contributed by atoms with E-state index in [0.717, 1.165) is 27.7 Å². The highest BCUT2D eigenvalue weighted by Gasteiger charge is 2.21. The predicted molar refractivity (Wildman–Crippen MR) is 105 cm³/mol. The van der Waals surface area contributed by atoms with E-state index in [1.807, 2.05) is 37.3 Å². The minimum Gasteiger partial charge on any atom is -0.494 e. The number of aryl methyl sites for hydroxylation is 1. The molecule has 144 valence electrons. The first-order chi connectivity index (χ1) is 13.5. The molecule has 3 aromatic rings. The second-order valence-corrected chi connectivity index (χ2v) is 6.49. The van der Waals surface area contributed by atoms with E-state index in [0.29, 0.717) is 28.7 Å². The van der Waals surface area contributed by atoms with Crippen molar-refractivity contribution < 1.29 is 23.7 Å². The van der Waals surface area contributed by atoms with Crippen molar-refractivity contribution in [1.82, 2.24) is 4.98 Å². The van der Waals surface area contributed by atoms with Crippen molar-refractivity contribution in [2.75, 3.05) is 26.3 Å². The zero-order chi connectivity index (χ0) is 19.8. The lowest BCUT2D eigenvalue weighted by Crippen LogP contribution is -2.07. The third-order valence-corrected chi connectivity index (χ3v) is 4.60. The maximum Gasteiger partial charge on any atom is 0.231 e. The smallest absolute Gasteiger partial charge is 0.231 e. The van der Waals surface area contributed by atoms with Gasteiger partial charge in [-0.05, 0) is 36.8 Å². The first-order valence-electron chi connectivity index (χ1n) is 8.75. The molecule has 28 heavy (non-hydrogen) atoms. The number of carbonyl (C=O) groups is 1. The van der Waals surface area contributed by atoms with E-state index in [2.05, 4.69) is 5.32 Å². The third-order valence-electron chi connectivity index (χ3n) is 4.60. The lowest BCUT2D eigenvalue weighted by Gasteiger charge is -2.13. The number of ether oxygens (including phenoxy) is 4. The summed E-state index contributed by atoms with van der Waals surface area (Å²) in [5.74, 6) is 2.23. The van der Waals surface area contributed by atoms with E-state index in [-0.39, 0.29) is 12.7 Å². The van der Waals surface area contributed by atoms with E-state index in [4.69, 9.17) is 23.9 Å². The van der Waals surface area contributed by atoms with Crippen molar-refractivity contribution >= 4 is 22.5 Å². The first-order valence-corrected chi connectivity index (χ1v) is 8.75. The highest BCUT2D eigenvalue weighted by molar-refractivity contribution is 5.96. The summed E-state index contributed by atoms with van der Waals surface area (Å²) in [6.07, 6.45) is 0. The molecule has 2 aromatic carbocycles. The minimum atomic E-state index is -0.160. The highest BCUT2D eigenvalue weighted by Crippen LogP contribution is 2.44. The monoisotopic (exact) mass is 380 g/mol. The zero-order valence-electron chi connectivity index (χ0n) is 16.1. The summed E-state index contributed by atoms with van der Waals surface area (Å²) < 4.78 is 21.8. The molecule has 0 bridgehead atoms. The largest absolute Gasteiger partial charge is 0.494 e. The SMILES string of the molecule is COc1cc2nc(-c3cc(OC)c4c(c3)OCO4)cc(C)c2cc1NC(C)=O. The van der Waals surface area contributed by atoms with Crippen LogP contribution in [-0.4, -0.2) is 31.9 Å². The Balaban J connectivity index is 1.87. The quantitative estimate of drug-likeness (QED) is 0.739. The van der Waals surface area contributed by atoms with Gasteiger partial charge in [-0.2, -0.15) is 0 Å². The van der Waals surface area contributed by atoms with Crippen LogP contribution in [0.1, 0.15) is 12.5 Å². The molecule has 1 aromatic heterocycles. The summed E-state index contributed by atoms with van der Waals surface area (Å²) in [7, 11) is 3.15. The number of benzene rings is 2. The van der Waals surface area contributed by atoms with Crippen molar-refractivity contribution in [3.05, 3.63) is 35.9 Å². The molecule has 7 heteroatoms. The lowest BCUT2D eigenvalue weighted by molar-refractivity contribution is -0.114. The van der Waals surface area contributed by atoms with Crippen molar-refractivity contribution in [1.29, 1.82) is 0 Å². The normalized spacial score (nSPS) is 12.1. The number of methoxy groups -OCH3 is 2. The number of amides is 1. The number of hydrogen-bond acceptors (Lipinski definition) is 6. The van der Waals surface area contributed by atoms with Gasteiger partial charge < -0.3 is 24.3 Å². The van der Waals surface area contributed by atoms with E-state index in [1.165, 1.54) is 6.92 Å². The summed E-state index contributed by atoms with van der Waals surface area (Å²) in [5, 5.41) is 3.73. The van der Waals surface area contributed by atoms with Gasteiger partial charge >= 0.3 is 0 Å². The number of nitrogens with one attached hydrogen (secondary N) is 1. The molecule has 0 saturated carbocycles. The molecule has 0 spiro atoms. The van der Waals surface area contributed by atoms with Gasteiger partial charge in [0, 0.05) is 23.9 Å². The van der Waals surface area contributed by atoms with E-state index < -0.39 is 0 Å². The maximum atomic E-state index is 11.5. The standard InChI is InChI=1S/C21H20N2O5/c1-11-5-15(13-6-19(26-4)21-20(7-13)27-10-28-21)23-16-9-18(25-3)17(8-14(11)16)22-12(2)24/h5-9H,10H2,1-4H3,(H,22,24). The molecule has 1 aliphatic rings. The van der Waals surface area contributed by atoms with Crippen molar-refractivity contribution in [3.63, 3.8) is 0 Å². The van der Waals surface area contributed by atoms with Gasteiger partial charge in [-0.15, -0.1) is 0 Å². The second-order valence-electron chi connectivity index (χ2n) is 6.49. The molecule has 0 radical (unpaired) electrons. The molecule has 7 nitrogen and oxygen atoms in total. The Labute approximate surface area is 162 Å². The van der Waals surface area contributed by atoms with Gasteiger partial charge in [0.05, 0.1) is 31.1 Å². The molecular formula is C21H20N2O5. The molecule has 4 rings (SSSR count). The number of fused-ring (bicyclic) bond motifs is 2. The first kappa shape index (κ1) is 17.9. The molecule has 0 aliphatic carbocycles. The van der Waals surface area contributed by atoms with Crippen LogP contribution in [0.15, 0.2) is 30.3 Å². The minimum absolute atomic E-state index is 0.160.